The second-order valence-corrected chi connectivity index (χ2v) is 6.18. The number of hydrogen-bond acceptors (Lipinski definition) is 3. The molecule has 3 heteroatoms. The SMILES string of the molecule is Cc1ccccc1-c1cncc(N2CCN3CCC2C3)c1. The van der Waals surface area contributed by atoms with Crippen molar-refractivity contribution in [2.45, 2.75) is 19.4 Å². The minimum atomic E-state index is 0.674. The molecule has 2 aliphatic heterocycles. The summed E-state index contributed by atoms with van der Waals surface area (Å²) in [6.45, 7) is 6.95. The Bertz CT molecular complexity index is 652. The fraction of sp³-hybridized carbons (Fsp3) is 0.389. The molecule has 1 aromatic carbocycles. The zero-order chi connectivity index (χ0) is 14.2. The van der Waals surface area contributed by atoms with E-state index >= 15 is 0 Å². The highest BCUT2D eigenvalue weighted by atomic mass is 15.3. The van der Waals surface area contributed by atoms with Gasteiger partial charge in [0.2, 0.25) is 0 Å². The van der Waals surface area contributed by atoms with Gasteiger partial charge in [-0.1, -0.05) is 24.3 Å². The van der Waals surface area contributed by atoms with Gasteiger partial charge in [-0.2, -0.15) is 0 Å². The minimum absolute atomic E-state index is 0.674. The zero-order valence-electron chi connectivity index (χ0n) is 12.5. The molecular formula is C18H21N3. The molecule has 21 heavy (non-hydrogen) atoms. The Kier molecular flexibility index (Phi) is 3.15. The molecule has 0 spiro atoms. The van der Waals surface area contributed by atoms with E-state index in [0.717, 1.165) is 6.54 Å². The summed E-state index contributed by atoms with van der Waals surface area (Å²) in [6, 6.07) is 11.5. The maximum absolute atomic E-state index is 4.50. The summed E-state index contributed by atoms with van der Waals surface area (Å²) >= 11 is 0. The Balaban J connectivity index is 1.68. The van der Waals surface area contributed by atoms with Gasteiger partial charge in [0.15, 0.2) is 0 Å². The monoisotopic (exact) mass is 279 g/mol. The van der Waals surface area contributed by atoms with Crippen molar-refractivity contribution in [3.63, 3.8) is 0 Å². The molecule has 2 saturated heterocycles. The molecule has 2 bridgehead atoms. The number of aryl methyl sites for hydroxylation is 1. The van der Waals surface area contributed by atoms with Gasteiger partial charge in [-0.05, 0) is 30.5 Å². The fourth-order valence-electron chi connectivity index (χ4n) is 3.67. The number of nitrogens with zero attached hydrogens (tertiary/aromatic N) is 3. The van der Waals surface area contributed by atoms with Crippen LogP contribution >= 0.6 is 0 Å². The largest absolute Gasteiger partial charge is 0.365 e. The third-order valence-corrected chi connectivity index (χ3v) is 4.86. The van der Waals surface area contributed by atoms with Crippen LogP contribution in [0, 0.1) is 6.92 Å². The summed E-state index contributed by atoms with van der Waals surface area (Å²) in [7, 11) is 0. The first-order valence-electron chi connectivity index (χ1n) is 7.81. The van der Waals surface area contributed by atoms with Crippen LogP contribution in [0.1, 0.15) is 12.0 Å². The molecule has 1 aromatic heterocycles. The number of rotatable bonds is 2. The molecule has 2 aromatic rings. The van der Waals surface area contributed by atoms with Gasteiger partial charge in [0.05, 0.1) is 11.9 Å². The minimum Gasteiger partial charge on any atom is -0.365 e. The Morgan fingerprint density at radius 3 is 2.90 bits per heavy atom. The Labute approximate surface area is 126 Å². The highest BCUT2D eigenvalue weighted by Crippen LogP contribution is 2.30. The van der Waals surface area contributed by atoms with Crippen LogP contribution < -0.4 is 4.90 Å². The summed E-state index contributed by atoms with van der Waals surface area (Å²) < 4.78 is 0. The lowest BCUT2D eigenvalue weighted by molar-refractivity contribution is 0.310. The molecule has 0 radical (unpaired) electrons. The van der Waals surface area contributed by atoms with Gasteiger partial charge in [0, 0.05) is 44.0 Å². The van der Waals surface area contributed by atoms with Crippen LogP contribution in [0.25, 0.3) is 11.1 Å². The van der Waals surface area contributed by atoms with Crippen LogP contribution in [-0.4, -0.2) is 42.1 Å². The quantitative estimate of drug-likeness (QED) is 0.842. The molecule has 3 nitrogen and oxygen atoms in total. The number of pyridine rings is 1. The van der Waals surface area contributed by atoms with E-state index in [1.807, 2.05) is 12.4 Å². The number of fused-ring (bicyclic) bond motifs is 2. The molecule has 2 atom stereocenters. The summed E-state index contributed by atoms with van der Waals surface area (Å²) in [4.78, 5) is 9.63. The second kappa shape index (κ2) is 5.15. The van der Waals surface area contributed by atoms with Gasteiger partial charge in [0.1, 0.15) is 0 Å². The number of hydrogen-bond donors (Lipinski definition) is 0. The van der Waals surface area contributed by atoms with Crippen molar-refractivity contribution in [2.75, 3.05) is 31.1 Å². The standard InChI is InChI=1S/C18H21N3/c1-14-4-2-3-5-18(14)15-10-17(12-19-11-15)21-9-8-20-7-6-16(21)13-20/h2-5,10-12,16H,6-9,13H2,1H3. The highest BCUT2D eigenvalue weighted by molar-refractivity contribution is 5.70. The average molecular weight is 279 g/mol. The van der Waals surface area contributed by atoms with Crippen molar-refractivity contribution in [3.8, 4) is 11.1 Å². The second-order valence-electron chi connectivity index (χ2n) is 6.18. The lowest BCUT2D eigenvalue weighted by Crippen LogP contribution is -2.46. The van der Waals surface area contributed by atoms with Gasteiger partial charge in [-0.3, -0.25) is 9.88 Å². The summed E-state index contributed by atoms with van der Waals surface area (Å²) in [5.41, 5.74) is 5.10. The van der Waals surface area contributed by atoms with E-state index in [9.17, 15) is 0 Å². The van der Waals surface area contributed by atoms with Crippen molar-refractivity contribution in [1.29, 1.82) is 0 Å². The summed E-state index contributed by atoms with van der Waals surface area (Å²) in [6.07, 6.45) is 5.29. The van der Waals surface area contributed by atoms with E-state index in [1.54, 1.807) is 0 Å². The van der Waals surface area contributed by atoms with E-state index in [1.165, 1.54) is 48.4 Å². The Morgan fingerprint density at radius 2 is 2.00 bits per heavy atom. The van der Waals surface area contributed by atoms with E-state index in [0.29, 0.717) is 6.04 Å². The fourth-order valence-corrected chi connectivity index (χ4v) is 3.67. The molecule has 0 N–H and O–H groups in total. The van der Waals surface area contributed by atoms with Crippen molar-refractivity contribution in [2.24, 2.45) is 0 Å². The molecule has 2 fully saturated rings. The van der Waals surface area contributed by atoms with Crippen molar-refractivity contribution < 1.29 is 0 Å². The molecular weight excluding hydrogens is 258 g/mol. The molecule has 0 aliphatic carbocycles. The maximum atomic E-state index is 4.50. The first kappa shape index (κ1) is 12.8. The number of benzene rings is 1. The molecule has 2 unspecified atom stereocenters. The predicted octanol–water partition coefficient (Wildman–Crippen LogP) is 2.95. The van der Waals surface area contributed by atoms with E-state index in [2.05, 4.69) is 52.0 Å². The molecule has 108 valence electrons. The molecule has 2 aliphatic rings. The number of aromatic nitrogens is 1. The van der Waals surface area contributed by atoms with Gasteiger partial charge in [-0.25, -0.2) is 0 Å². The normalized spacial score (nSPS) is 24.3. The first-order chi connectivity index (χ1) is 10.3. The van der Waals surface area contributed by atoms with Gasteiger partial charge < -0.3 is 4.90 Å². The van der Waals surface area contributed by atoms with Gasteiger partial charge >= 0.3 is 0 Å². The smallest absolute Gasteiger partial charge is 0.0562 e. The van der Waals surface area contributed by atoms with Crippen molar-refractivity contribution >= 4 is 5.69 Å². The Morgan fingerprint density at radius 1 is 1.10 bits per heavy atom. The lowest BCUT2D eigenvalue weighted by atomic mass is 10.0. The molecule has 4 rings (SSSR count). The van der Waals surface area contributed by atoms with Crippen LogP contribution in [0.3, 0.4) is 0 Å². The molecule has 0 amide bonds. The zero-order valence-corrected chi connectivity index (χ0v) is 12.5. The third kappa shape index (κ3) is 2.32. The van der Waals surface area contributed by atoms with Gasteiger partial charge in [-0.15, -0.1) is 0 Å². The highest BCUT2D eigenvalue weighted by Gasteiger charge is 2.32. The van der Waals surface area contributed by atoms with Crippen LogP contribution in [0.15, 0.2) is 42.7 Å². The first-order valence-corrected chi connectivity index (χ1v) is 7.81. The number of anilines is 1. The van der Waals surface area contributed by atoms with Crippen LogP contribution in [-0.2, 0) is 0 Å². The average Bonchev–Trinajstić information content (AvgIpc) is 2.89. The predicted molar refractivity (Wildman–Crippen MR) is 86.6 cm³/mol. The third-order valence-electron chi connectivity index (χ3n) is 4.86. The Hall–Kier alpha value is -1.87. The van der Waals surface area contributed by atoms with E-state index in [-0.39, 0.29) is 0 Å². The lowest BCUT2D eigenvalue weighted by Gasteiger charge is -2.36. The van der Waals surface area contributed by atoms with Gasteiger partial charge in [0.25, 0.3) is 0 Å². The van der Waals surface area contributed by atoms with Crippen molar-refractivity contribution in [1.82, 2.24) is 9.88 Å². The molecule has 3 heterocycles. The molecule has 0 saturated carbocycles. The van der Waals surface area contributed by atoms with Crippen LogP contribution in [0.4, 0.5) is 5.69 Å². The topological polar surface area (TPSA) is 19.4 Å². The van der Waals surface area contributed by atoms with Crippen LogP contribution in [0.5, 0.6) is 0 Å². The summed E-state index contributed by atoms with van der Waals surface area (Å²) in [5.74, 6) is 0. The summed E-state index contributed by atoms with van der Waals surface area (Å²) in [5, 5.41) is 0. The van der Waals surface area contributed by atoms with E-state index in [4.69, 9.17) is 0 Å². The van der Waals surface area contributed by atoms with Crippen molar-refractivity contribution in [3.05, 3.63) is 48.3 Å². The van der Waals surface area contributed by atoms with E-state index < -0.39 is 0 Å². The number of piperazine rings is 1. The van der Waals surface area contributed by atoms with Crippen LogP contribution in [0.2, 0.25) is 0 Å². The maximum Gasteiger partial charge on any atom is 0.0562 e.